The molecule has 0 N–H and O–H groups in total. The quantitative estimate of drug-likeness (QED) is 0.729. The molecule has 1 amide bonds. The molecule has 1 aromatic rings. The zero-order valence-corrected chi connectivity index (χ0v) is 12.1. The van der Waals surface area contributed by atoms with Crippen LogP contribution in [0.4, 0.5) is 5.69 Å². The number of rotatable bonds is 1. The van der Waals surface area contributed by atoms with Gasteiger partial charge in [-0.15, -0.1) is 0 Å². The van der Waals surface area contributed by atoms with Gasteiger partial charge < -0.3 is 4.67 Å². The Hall–Kier alpha value is -0.900. The van der Waals surface area contributed by atoms with E-state index in [0.29, 0.717) is 0 Å². The first kappa shape index (κ1) is 12.6. The fraction of sp³-hybridized carbons (Fsp3) is 0.364. The first-order chi connectivity index (χ1) is 7.90. The summed E-state index contributed by atoms with van der Waals surface area (Å²) in [5, 5.41) is 0. The van der Waals surface area contributed by atoms with E-state index in [4.69, 9.17) is 11.8 Å². The van der Waals surface area contributed by atoms with Crippen molar-refractivity contribution in [2.45, 2.75) is 0 Å². The molecule has 0 aliphatic carbocycles. The maximum absolute atomic E-state index is 12.3. The minimum absolute atomic E-state index is 0.00994. The molecule has 0 saturated heterocycles. The number of hydrogen-bond acceptors (Lipinski definition) is 2. The lowest BCUT2D eigenvalue weighted by molar-refractivity contribution is 0.0878. The number of amides is 1. The highest BCUT2D eigenvalue weighted by molar-refractivity contribution is 8.13. The number of carbonyl (C=O) groups excluding carboxylic acids is 1. The number of carbonyl (C=O) groups is 1. The molecule has 1 unspecified atom stereocenters. The average Bonchev–Trinajstić information content (AvgIpc) is 2.33. The zero-order valence-electron chi connectivity index (χ0n) is 10.4. The summed E-state index contributed by atoms with van der Waals surface area (Å²) in [6.07, 6.45) is 0. The van der Waals surface area contributed by atoms with Crippen molar-refractivity contribution in [3.8, 4) is 0 Å². The van der Waals surface area contributed by atoms with Gasteiger partial charge in [-0.05, 0) is 38.0 Å². The Balaban J connectivity index is 2.67. The van der Waals surface area contributed by atoms with Crippen LogP contribution in [0.25, 0.3) is 0 Å². The highest BCUT2D eigenvalue weighted by Crippen LogP contribution is 2.59. The molecule has 1 heterocycles. The Morgan fingerprint density at radius 3 is 2.35 bits per heavy atom. The van der Waals surface area contributed by atoms with Crippen LogP contribution in [0.2, 0.25) is 0 Å². The fourth-order valence-corrected chi connectivity index (χ4v) is 4.87. The predicted molar refractivity (Wildman–Crippen MR) is 74.9 cm³/mol. The molecular formula is C11H16N3OPS. The van der Waals surface area contributed by atoms with E-state index in [1.165, 1.54) is 0 Å². The van der Waals surface area contributed by atoms with Gasteiger partial charge in [0.2, 0.25) is 0 Å². The summed E-state index contributed by atoms with van der Waals surface area (Å²) in [4.78, 5) is 12.3. The maximum Gasteiger partial charge on any atom is 0.261 e. The van der Waals surface area contributed by atoms with Gasteiger partial charge in [0.25, 0.3) is 5.91 Å². The van der Waals surface area contributed by atoms with E-state index in [0.717, 1.165) is 11.3 Å². The van der Waals surface area contributed by atoms with Gasteiger partial charge in [-0.3, -0.25) is 9.46 Å². The Labute approximate surface area is 107 Å². The molecule has 1 aliphatic rings. The van der Waals surface area contributed by atoms with Gasteiger partial charge in [-0.1, -0.05) is 12.1 Å². The number of nitrogens with zero attached hydrogens (tertiary/aromatic N) is 3. The number of anilines is 1. The molecule has 1 aliphatic heterocycles. The summed E-state index contributed by atoms with van der Waals surface area (Å²) < 4.78 is 5.72. The molecule has 1 aromatic carbocycles. The van der Waals surface area contributed by atoms with Crippen LogP contribution in [0.1, 0.15) is 10.4 Å². The van der Waals surface area contributed by atoms with Gasteiger partial charge in [0, 0.05) is 14.1 Å². The van der Waals surface area contributed by atoms with E-state index in [-0.39, 0.29) is 5.91 Å². The van der Waals surface area contributed by atoms with Crippen LogP contribution in [-0.4, -0.2) is 43.4 Å². The Morgan fingerprint density at radius 2 is 1.76 bits per heavy atom. The molecule has 0 spiro atoms. The molecule has 0 saturated carbocycles. The van der Waals surface area contributed by atoms with Crippen molar-refractivity contribution in [1.29, 1.82) is 0 Å². The summed E-state index contributed by atoms with van der Waals surface area (Å²) in [5.41, 5.74) is 1.65. The van der Waals surface area contributed by atoms with Gasteiger partial charge in [0.1, 0.15) is 0 Å². The third-order valence-corrected chi connectivity index (χ3v) is 8.53. The molecule has 4 nitrogen and oxygen atoms in total. The van der Waals surface area contributed by atoms with E-state index >= 15 is 0 Å². The van der Waals surface area contributed by atoms with Gasteiger partial charge >= 0.3 is 0 Å². The van der Waals surface area contributed by atoms with Crippen LogP contribution in [0.3, 0.4) is 0 Å². The molecular weight excluding hydrogens is 253 g/mol. The third-order valence-electron chi connectivity index (χ3n) is 3.08. The lowest BCUT2D eigenvalue weighted by Gasteiger charge is -2.47. The maximum atomic E-state index is 12.3. The molecule has 2 rings (SSSR count). The van der Waals surface area contributed by atoms with Crippen LogP contribution in [0.5, 0.6) is 0 Å². The molecule has 0 radical (unpaired) electrons. The van der Waals surface area contributed by atoms with Gasteiger partial charge in [-0.25, -0.2) is 4.67 Å². The molecule has 1 atom stereocenters. The fourth-order valence-electron chi connectivity index (χ4n) is 2.11. The van der Waals surface area contributed by atoms with Crippen LogP contribution in [0, 0.1) is 0 Å². The topological polar surface area (TPSA) is 26.8 Å². The predicted octanol–water partition coefficient (Wildman–Crippen LogP) is 1.99. The van der Waals surface area contributed by atoms with E-state index in [9.17, 15) is 4.79 Å². The van der Waals surface area contributed by atoms with Crippen molar-refractivity contribution < 1.29 is 4.79 Å². The molecule has 0 aromatic heterocycles. The van der Waals surface area contributed by atoms with Crippen molar-refractivity contribution in [3.05, 3.63) is 29.8 Å². The van der Waals surface area contributed by atoms with Crippen LogP contribution >= 0.6 is 6.49 Å². The van der Waals surface area contributed by atoms with E-state index in [2.05, 4.69) is 4.67 Å². The normalized spacial score (nSPS) is 24.2. The highest BCUT2D eigenvalue weighted by atomic mass is 32.4. The summed E-state index contributed by atoms with van der Waals surface area (Å²) >= 11 is 5.74. The monoisotopic (exact) mass is 269 g/mol. The summed E-state index contributed by atoms with van der Waals surface area (Å²) in [7, 11) is 7.60. The minimum Gasteiger partial charge on any atom is -0.319 e. The van der Waals surface area contributed by atoms with Crippen molar-refractivity contribution in [2.75, 3.05) is 32.9 Å². The van der Waals surface area contributed by atoms with Gasteiger partial charge in [0.15, 0.2) is 6.49 Å². The first-order valence-electron chi connectivity index (χ1n) is 5.30. The number of hydrogen-bond donors (Lipinski definition) is 0. The van der Waals surface area contributed by atoms with E-state index < -0.39 is 6.49 Å². The molecule has 6 heteroatoms. The van der Waals surface area contributed by atoms with E-state index in [1.807, 2.05) is 50.1 Å². The van der Waals surface area contributed by atoms with Crippen molar-refractivity contribution >= 4 is 29.9 Å². The van der Waals surface area contributed by atoms with Gasteiger partial charge in [-0.2, -0.15) is 0 Å². The second-order valence-electron chi connectivity index (χ2n) is 4.23. The minimum atomic E-state index is -2.17. The largest absolute Gasteiger partial charge is 0.319 e. The second kappa shape index (κ2) is 4.09. The first-order valence-corrected chi connectivity index (χ1v) is 7.96. The summed E-state index contributed by atoms with van der Waals surface area (Å²) in [6.45, 7) is -2.17. The third kappa shape index (κ3) is 1.61. The van der Waals surface area contributed by atoms with Crippen LogP contribution < -0.4 is 4.67 Å². The Morgan fingerprint density at radius 1 is 1.18 bits per heavy atom. The summed E-state index contributed by atoms with van der Waals surface area (Å²) in [5.74, 6) is 0.00994. The lowest BCUT2D eigenvalue weighted by atomic mass is 10.1. The SMILES string of the molecule is CN(C)P1(=S)N(C)C(=O)c2ccccc2N1C. The number of fused-ring (bicyclic) bond motifs is 1. The van der Waals surface area contributed by atoms with Crippen molar-refractivity contribution in [1.82, 2.24) is 9.34 Å². The smallest absolute Gasteiger partial charge is 0.261 e. The molecule has 17 heavy (non-hydrogen) atoms. The van der Waals surface area contributed by atoms with Crippen LogP contribution in [-0.2, 0) is 11.8 Å². The highest BCUT2D eigenvalue weighted by Gasteiger charge is 2.40. The molecule has 0 fully saturated rings. The standard InChI is InChI=1S/C11H16N3OPS/c1-12(2)16(17)13(3)10-8-6-5-7-9(10)11(15)14(16)4/h5-8H,1-4H3. The zero-order chi connectivity index (χ0) is 12.8. The molecule has 0 bridgehead atoms. The Bertz CT molecular complexity index is 517. The summed E-state index contributed by atoms with van der Waals surface area (Å²) in [6, 6.07) is 7.61. The van der Waals surface area contributed by atoms with E-state index in [1.54, 1.807) is 11.7 Å². The van der Waals surface area contributed by atoms with Crippen molar-refractivity contribution in [3.63, 3.8) is 0 Å². The number of para-hydroxylation sites is 1. The molecule has 92 valence electrons. The Kier molecular flexibility index (Phi) is 3.02. The lowest BCUT2D eigenvalue weighted by Crippen LogP contribution is -2.42. The van der Waals surface area contributed by atoms with Crippen molar-refractivity contribution in [2.24, 2.45) is 0 Å². The second-order valence-corrected chi connectivity index (χ2v) is 8.73. The van der Waals surface area contributed by atoms with Gasteiger partial charge in [0.05, 0.1) is 11.3 Å². The average molecular weight is 269 g/mol. The number of benzene rings is 1. The van der Waals surface area contributed by atoms with Crippen LogP contribution in [0.15, 0.2) is 24.3 Å².